The second-order valence-corrected chi connectivity index (χ2v) is 4.90. The topological polar surface area (TPSA) is 90.1 Å². The van der Waals surface area contributed by atoms with Crippen LogP contribution in [0.3, 0.4) is 0 Å². The van der Waals surface area contributed by atoms with Crippen molar-refractivity contribution in [1.29, 1.82) is 0 Å². The van der Waals surface area contributed by atoms with E-state index < -0.39 is 4.92 Å². The highest BCUT2D eigenvalue weighted by atomic mass is 32.2. The van der Waals surface area contributed by atoms with Crippen LogP contribution in [0.5, 0.6) is 0 Å². The van der Waals surface area contributed by atoms with E-state index in [9.17, 15) is 14.9 Å². The molecule has 0 radical (unpaired) electrons. The fraction of sp³-hybridized carbons (Fsp3) is 0.167. The molecule has 1 amide bonds. The molecule has 0 aliphatic carbocycles. The first-order chi connectivity index (χ1) is 9.56. The third-order valence-corrected chi connectivity index (χ3v) is 3.53. The first-order valence-corrected chi connectivity index (χ1v) is 6.69. The number of carbonyl (C=O) groups is 1. The summed E-state index contributed by atoms with van der Waals surface area (Å²) in [6.07, 6.45) is 3.47. The standard InChI is InChI=1S/C12H12N4O3S/c1-15-7-6-13-12(15)20-8-11(17)14-9-2-4-10(5-3-9)16(18)19/h2-7H,8H2,1H3,(H,14,17). The number of hydrogen-bond donors (Lipinski definition) is 1. The second kappa shape index (κ2) is 6.20. The third kappa shape index (κ3) is 3.58. The maximum absolute atomic E-state index is 11.7. The van der Waals surface area contributed by atoms with E-state index >= 15 is 0 Å². The second-order valence-electron chi connectivity index (χ2n) is 3.96. The molecule has 1 N–H and O–H groups in total. The van der Waals surface area contributed by atoms with Crippen LogP contribution in [0.25, 0.3) is 0 Å². The van der Waals surface area contributed by atoms with Crippen LogP contribution in [0.2, 0.25) is 0 Å². The number of aromatic nitrogens is 2. The lowest BCUT2D eigenvalue weighted by Gasteiger charge is -2.04. The van der Waals surface area contributed by atoms with Crippen LogP contribution in [-0.4, -0.2) is 26.1 Å². The van der Waals surface area contributed by atoms with Crippen LogP contribution in [0.4, 0.5) is 11.4 Å². The Kier molecular flexibility index (Phi) is 4.36. The van der Waals surface area contributed by atoms with Crippen LogP contribution >= 0.6 is 11.8 Å². The van der Waals surface area contributed by atoms with E-state index in [0.717, 1.165) is 5.16 Å². The molecule has 0 atom stereocenters. The zero-order valence-corrected chi connectivity index (χ0v) is 11.5. The Morgan fingerprint density at radius 3 is 2.70 bits per heavy atom. The summed E-state index contributed by atoms with van der Waals surface area (Å²) in [7, 11) is 1.85. The van der Waals surface area contributed by atoms with Gasteiger partial charge >= 0.3 is 0 Å². The van der Waals surface area contributed by atoms with Crippen molar-refractivity contribution in [3.63, 3.8) is 0 Å². The lowest BCUT2D eigenvalue weighted by atomic mass is 10.3. The first-order valence-electron chi connectivity index (χ1n) is 5.70. The molecule has 20 heavy (non-hydrogen) atoms. The fourth-order valence-electron chi connectivity index (χ4n) is 1.48. The quantitative estimate of drug-likeness (QED) is 0.517. The maximum Gasteiger partial charge on any atom is 0.269 e. The van der Waals surface area contributed by atoms with Gasteiger partial charge in [-0.25, -0.2) is 4.98 Å². The number of nitro benzene ring substituents is 1. The van der Waals surface area contributed by atoms with Gasteiger partial charge in [0, 0.05) is 37.3 Å². The Bertz CT molecular complexity index is 624. The summed E-state index contributed by atoms with van der Waals surface area (Å²) in [6, 6.07) is 5.70. The molecule has 1 heterocycles. The SMILES string of the molecule is Cn1ccnc1SCC(=O)Nc1ccc([N+](=O)[O-])cc1. The molecule has 104 valence electrons. The molecule has 1 aromatic heterocycles. The Hall–Kier alpha value is -2.35. The summed E-state index contributed by atoms with van der Waals surface area (Å²) in [4.78, 5) is 25.9. The Morgan fingerprint density at radius 2 is 2.15 bits per heavy atom. The number of amides is 1. The zero-order chi connectivity index (χ0) is 14.5. The first kappa shape index (κ1) is 14.1. The summed E-state index contributed by atoms with van der Waals surface area (Å²) in [5, 5.41) is 13.9. The van der Waals surface area contributed by atoms with Crippen LogP contribution in [0.15, 0.2) is 41.8 Å². The number of hydrogen-bond acceptors (Lipinski definition) is 5. The summed E-state index contributed by atoms with van der Waals surface area (Å²) < 4.78 is 1.82. The van der Waals surface area contributed by atoms with Crippen molar-refractivity contribution in [2.24, 2.45) is 7.05 Å². The van der Waals surface area contributed by atoms with E-state index in [4.69, 9.17) is 0 Å². The number of nitro groups is 1. The van der Waals surface area contributed by atoms with Crippen LogP contribution < -0.4 is 5.32 Å². The number of nitrogens with one attached hydrogen (secondary N) is 1. The van der Waals surface area contributed by atoms with Gasteiger partial charge in [-0.1, -0.05) is 11.8 Å². The minimum Gasteiger partial charge on any atom is -0.329 e. The highest BCUT2D eigenvalue weighted by Crippen LogP contribution is 2.17. The summed E-state index contributed by atoms with van der Waals surface area (Å²) in [5.41, 5.74) is 0.520. The van der Waals surface area contributed by atoms with E-state index in [1.807, 2.05) is 11.6 Å². The largest absolute Gasteiger partial charge is 0.329 e. The number of benzene rings is 1. The molecule has 0 unspecified atom stereocenters. The lowest BCUT2D eigenvalue weighted by molar-refractivity contribution is -0.384. The highest BCUT2D eigenvalue weighted by molar-refractivity contribution is 7.99. The molecule has 0 aliphatic rings. The maximum atomic E-state index is 11.7. The smallest absolute Gasteiger partial charge is 0.269 e. The van der Waals surface area contributed by atoms with Crippen molar-refractivity contribution < 1.29 is 9.72 Å². The molecule has 2 rings (SSSR count). The minimum atomic E-state index is -0.484. The number of aryl methyl sites for hydroxylation is 1. The van der Waals surface area contributed by atoms with Crippen molar-refractivity contribution in [1.82, 2.24) is 9.55 Å². The van der Waals surface area contributed by atoms with E-state index in [1.54, 1.807) is 12.4 Å². The van der Waals surface area contributed by atoms with Crippen molar-refractivity contribution in [3.05, 3.63) is 46.8 Å². The van der Waals surface area contributed by atoms with Crippen LogP contribution in [-0.2, 0) is 11.8 Å². The average molecular weight is 292 g/mol. The van der Waals surface area contributed by atoms with Crippen molar-refractivity contribution >= 4 is 29.0 Å². The molecule has 0 bridgehead atoms. The summed E-state index contributed by atoms with van der Waals surface area (Å²) in [6.45, 7) is 0. The minimum absolute atomic E-state index is 0.00890. The highest BCUT2D eigenvalue weighted by Gasteiger charge is 2.08. The third-order valence-electron chi connectivity index (χ3n) is 2.47. The predicted molar refractivity (Wildman–Crippen MR) is 75.7 cm³/mol. The van der Waals surface area contributed by atoms with Gasteiger partial charge in [0.2, 0.25) is 5.91 Å². The van der Waals surface area contributed by atoms with Crippen molar-refractivity contribution in [2.75, 3.05) is 11.1 Å². The number of rotatable bonds is 5. The van der Waals surface area contributed by atoms with Gasteiger partial charge in [0.05, 0.1) is 10.7 Å². The van der Waals surface area contributed by atoms with Gasteiger partial charge in [0.25, 0.3) is 5.69 Å². The lowest BCUT2D eigenvalue weighted by Crippen LogP contribution is -2.14. The molecule has 0 saturated carbocycles. The number of nitrogens with zero attached hydrogens (tertiary/aromatic N) is 3. The average Bonchev–Trinajstić information content (AvgIpc) is 2.82. The molecular weight excluding hydrogens is 280 g/mol. The van der Waals surface area contributed by atoms with Gasteiger partial charge in [-0.05, 0) is 12.1 Å². The van der Waals surface area contributed by atoms with Crippen LogP contribution in [0, 0.1) is 10.1 Å². The van der Waals surface area contributed by atoms with E-state index in [-0.39, 0.29) is 17.3 Å². The van der Waals surface area contributed by atoms with Gasteiger partial charge in [-0.15, -0.1) is 0 Å². The van der Waals surface area contributed by atoms with Crippen molar-refractivity contribution in [2.45, 2.75) is 5.16 Å². The fourth-order valence-corrected chi connectivity index (χ4v) is 2.22. The van der Waals surface area contributed by atoms with Gasteiger partial charge in [0.1, 0.15) is 0 Å². The number of non-ortho nitro benzene ring substituents is 1. The Morgan fingerprint density at radius 1 is 1.45 bits per heavy atom. The normalized spacial score (nSPS) is 10.2. The van der Waals surface area contributed by atoms with Crippen LogP contribution in [0.1, 0.15) is 0 Å². The molecule has 0 saturated heterocycles. The summed E-state index contributed by atoms with van der Waals surface area (Å²) >= 11 is 1.32. The van der Waals surface area contributed by atoms with Gasteiger partial charge in [0.15, 0.2) is 5.16 Å². The van der Waals surface area contributed by atoms with Gasteiger partial charge in [-0.3, -0.25) is 14.9 Å². The Labute approximate surface area is 119 Å². The zero-order valence-electron chi connectivity index (χ0n) is 10.6. The molecule has 0 fully saturated rings. The number of thioether (sulfide) groups is 1. The number of carbonyl (C=O) groups excluding carboxylic acids is 1. The molecular formula is C12H12N4O3S. The molecule has 0 aliphatic heterocycles. The van der Waals surface area contributed by atoms with Gasteiger partial charge < -0.3 is 9.88 Å². The van der Waals surface area contributed by atoms with Crippen molar-refractivity contribution in [3.8, 4) is 0 Å². The van der Waals surface area contributed by atoms with E-state index in [0.29, 0.717) is 5.69 Å². The van der Waals surface area contributed by atoms with Gasteiger partial charge in [-0.2, -0.15) is 0 Å². The molecule has 8 heteroatoms. The molecule has 7 nitrogen and oxygen atoms in total. The predicted octanol–water partition coefficient (Wildman–Crippen LogP) is 2.06. The number of anilines is 1. The number of imidazole rings is 1. The Balaban J connectivity index is 1.88. The van der Waals surface area contributed by atoms with E-state index in [2.05, 4.69) is 10.3 Å². The van der Waals surface area contributed by atoms with E-state index in [1.165, 1.54) is 36.0 Å². The monoisotopic (exact) mass is 292 g/mol. The summed E-state index contributed by atoms with van der Waals surface area (Å²) in [5.74, 6) is 0.0359. The molecule has 0 spiro atoms. The molecule has 1 aromatic carbocycles. The molecule has 2 aromatic rings.